The lowest BCUT2D eigenvalue weighted by atomic mass is 10.2. The van der Waals surface area contributed by atoms with Gasteiger partial charge in [0.05, 0.1) is 18.5 Å². The van der Waals surface area contributed by atoms with Gasteiger partial charge in [0.2, 0.25) is 5.91 Å². The number of esters is 1. The van der Waals surface area contributed by atoms with Crippen LogP contribution in [0.2, 0.25) is 0 Å². The number of carbonyl (C=O) groups excluding carboxylic acids is 3. The molecule has 2 N–H and O–H groups in total. The Hall–Kier alpha value is -2.97. The van der Waals surface area contributed by atoms with E-state index in [2.05, 4.69) is 15.4 Å². The van der Waals surface area contributed by atoms with Crippen LogP contribution in [0.3, 0.4) is 0 Å². The van der Waals surface area contributed by atoms with E-state index in [-0.39, 0.29) is 43.1 Å². The minimum Gasteiger partial charge on any atom is -0.469 e. The molecule has 9 nitrogen and oxygen atoms in total. The Bertz CT molecular complexity index is 585. The highest BCUT2D eigenvalue weighted by Crippen LogP contribution is 2.11. The smallest absolute Gasteiger partial charge is 0.307 e. The predicted molar refractivity (Wildman–Crippen MR) is 79.7 cm³/mol. The molecule has 0 aromatic heterocycles. The van der Waals surface area contributed by atoms with E-state index in [1.165, 1.54) is 31.4 Å². The summed E-state index contributed by atoms with van der Waals surface area (Å²) in [5, 5.41) is 15.6. The summed E-state index contributed by atoms with van der Waals surface area (Å²) in [6, 6.07) is 5.14. The van der Waals surface area contributed by atoms with E-state index in [0.29, 0.717) is 0 Å². The van der Waals surface area contributed by atoms with Gasteiger partial charge in [-0.05, 0) is 12.1 Å². The SMILES string of the molecule is COC(=O)CCNC(=O)CCNC(=O)c1ccc([N+](=O)[O-])cc1. The first kappa shape index (κ1) is 18.1. The number of rotatable bonds is 8. The van der Waals surface area contributed by atoms with E-state index < -0.39 is 16.8 Å². The molecule has 1 aromatic carbocycles. The van der Waals surface area contributed by atoms with Gasteiger partial charge in [-0.15, -0.1) is 0 Å². The van der Waals surface area contributed by atoms with Gasteiger partial charge in [0.25, 0.3) is 11.6 Å². The Kier molecular flexibility index (Phi) is 7.18. The number of nitrogens with one attached hydrogen (secondary N) is 2. The first-order valence-corrected chi connectivity index (χ1v) is 6.80. The summed E-state index contributed by atoms with van der Waals surface area (Å²) in [6.07, 6.45) is 0.136. The molecule has 0 aliphatic carbocycles. The molecular formula is C14H17N3O6. The molecule has 1 aromatic rings. The minimum absolute atomic E-state index is 0.0555. The number of nitro benzene ring substituents is 1. The van der Waals surface area contributed by atoms with Crippen LogP contribution >= 0.6 is 0 Å². The average Bonchev–Trinajstić information content (AvgIpc) is 2.54. The Morgan fingerprint density at radius 3 is 2.26 bits per heavy atom. The van der Waals surface area contributed by atoms with Gasteiger partial charge < -0.3 is 15.4 Å². The topological polar surface area (TPSA) is 128 Å². The molecule has 2 amide bonds. The number of non-ortho nitro benzene ring substituents is 1. The maximum absolute atomic E-state index is 11.8. The van der Waals surface area contributed by atoms with Crippen LogP contribution in [0.4, 0.5) is 5.69 Å². The molecular weight excluding hydrogens is 306 g/mol. The second-order valence-electron chi connectivity index (χ2n) is 4.49. The van der Waals surface area contributed by atoms with Crippen LogP contribution in [0.5, 0.6) is 0 Å². The number of nitrogens with zero attached hydrogens (tertiary/aromatic N) is 1. The lowest BCUT2D eigenvalue weighted by Gasteiger charge is -2.06. The highest BCUT2D eigenvalue weighted by atomic mass is 16.6. The van der Waals surface area contributed by atoms with E-state index >= 15 is 0 Å². The third-order valence-corrected chi connectivity index (χ3v) is 2.86. The van der Waals surface area contributed by atoms with Crippen LogP contribution in [-0.2, 0) is 14.3 Å². The summed E-state index contributed by atoms with van der Waals surface area (Å²) >= 11 is 0. The van der Waals surface area contributed by atoms with Crippen molar-refractivity contribution < 1.29 is 24.0 Å². The zero-order valence-electron chi connectivity index (χ0n) is 12.5. The number of ether oxygens (including phenoxy) is 1. The Morgan fingerprint density at radius 1 is 1.09 bits per heavy atom. The van der Waals surface area contributed by atoms with Crippen molar-refractivity contribution in [2.24, 2.45) is 0 Å². The predicted octanol–water partition coefficient (Wildman–Crippen LogP) is 0.394. The van der Waals surface area contributed by atoms with E-state index in [9.17, 15) is 24.5 Å². The van der Waals surface area contributed by atoms with Gasteiger partial charge in [0, 0.05) is 37.2 Å². The monoisotopic (exact) mass is 323 g/mol. The van der Waals surface area contributed by atoms with E-state index in [1.807, 2.05) is 0 Å². The van der Waals surface area contributed by atoms with Crippen LogP contribution < -0.4 is 10.6 Å². The first-order chi connectivity index (χ1) is 10.9. The summed E-state index contributed by atoms with van der Waals surface area (Å²) < 4.78 is 4.43. The van der Waals surface area contributed by atoms with Crippen molar-refractivity contribution in [3.63, 3.8) is 0 Å². The highest BCUT2D eigenvalue weighted by Gasteiger charge is 2.10. The van der Waals surface area contributed by atoms with Crippen molar-refractivity contribution >= 4 is 23.5 Å². The Morgan fingerprint density at radius 2 is 1.70 bits per heavy atom. The maximum Gasteiger partial charge on any atom is 0.307 e. The van der Waals surface area contributed by atoms with Gasteiger partial charge in [-0.1, -0.05) is 0 Å². The fourth-order valence-corrected chi connectivity index (χ4v) is 1.62. The Balaban J connectivity index is 2.29. The zero-order chi connectivity index (χ0) is 17.2. The van der Waals surface area contributed by atoms with E-state index in [0.717, 1.165) is 0 Å². The molecule has 0 spiro atoms. The van der Waals surface area contributed by atoms with Gasteiger partial charge in [0.15, 0.2) is 0 Å². The molecule has 0 saturated heterocycles. The number of carbonyl (C=O) groups is 3. The van der Waals surface area contributed by atoms with Crippen LogP contribution in [0.25, 0.3) is 0 Å². The zero-order valence-corrected chi connectivity index (χ0v) is 12.5. The normalized spacial score (nSPS) is 9.78. The fraction of sp³-hybridized carbons (Fsp3) is 0.357. The molecule has 0 heterocycles. The van der Waals surface area contributed by atoms with Crippen LogP contribution in [0.15, 0.2) is 24.3 Å². The standard InChI is InChI=1S/C14H17N3O6/c1-23-13(19)7-9-15-12(18)6-8-16-14(20)10-2-4-11(5-3-10)17(21)22/h2-5H,6-9H2,1H3,(H,15,18)(H,16,20). The van der Waals surface area contributed by atoms with E-state index in [1.54, 1.807) is 0 Å². The molecule has 0 aliphatic heterocycles. The largest absolute Gasteiger partial charge is 0.469 e. The molecule has 23 heavy (non-hydrogen) atoms. The van der Waals surface area contributed by atoms with Crippen molar-refractivity contribution in [1.29, 1.82) is 0 Å². The van der Waals surface area contributed by atoms with Crippen LogP contribution in [0, 0.1) is 10.1 Å². The molecule has 0 radical (unpaired) electrons. The van der Waals surface area contributed by atoms with Gasteiger partial charge in [-0.2, -0.15) is 0 Å². The number of nitro groups is 1. The lowest BCUT2D eigenvalue weighted by Crippen LogP contribution is -2.31. The van der Waals surface area contributed by atoms with Crippen molar-refractivity contribution in [3.05, 3.63) is 39.9 Å². The molecule has 0 fully saturated rings. The van der Waals surface area contributed by atoms with E-state index in [4.69, 9.17) is 0 Å². The van der Waals surface area contributed by atoms with Crippen molar-refractivity contribution in [2.45, 2.75) is 12.8 Å². The quantitative estimate of drug-likeness (QED) is 0.405. The molecule has 0 saturated carbocycles. The second-order valence-corrected chi connectivity index (χ2v) is 4.49. The summed E-state index contributed by atoms with van der Waals surface area (Å²) in [7, 11) is 1.26. The number of methoxy groups -OCH3 is 1. The number of hydrogen-bond donors (Lipinski definition) is 2. The maximum atomic E-state index is 11.8. The summed E-state index contributed by atoms with van der Waals surface area (Å²) in [4.78, 5) is 44.0. The van der Waals surface area contributed by atoms with Crippen LogP contribution in [0.1, 0.15) is 23.2 Å². The molecule has 1 rings (SSSR count). The summed E-state index contributed by atoms with van der Waals surface area (Å²) in [5.41, 5.74) is 0.160. The third kappa shape index (κ3) is 6.55. The molecule has 0 bridgehead atoms. The number of amides is 2. The van der Waals surface area contributed by atoms with Crippen molar-refractivity contribution in [2.75, 3.05) is 20.2 Å². The molecule has 124 valence electrons. The first-order valence-electron chi connectivity index (χ1n) is 6.80. The number of benzene rings is 1. The summed E-state index contributed by atoms with van der Waals surface area (Å²) in [5.74, 6) is -1.16. The highest BCUT2D eigenvalue weighted by molar-refractivity contribution is 5.94. The molecule has 9 heteroatoms. The minimum atomic E-state index is -0.555. The molecule has 0 atom stereocenters. The van der Waals surface area contributed by atoms with Crippen LogP contribution in [-0.4, -0.2) is 42.9 Å². The van der Waals surface area contributed by atoms with Gasteiger partial charge >= 0.3 is 5.97 Å². The lowest BCUT2D eigenvalue weighted by molar-refractivity contribution is -0.384. The second kappa shape index (κ2) is 9.13. The third-order valence-electron chi connectivity index (χ3n) is 2.86. The van der Waals surface area contributed by atoms with Crippen molar-refractivity contribution in [1.82, 2.24) is 10.6 Å². The van der Waals surface area contributed by atoms with Gasteiger partial charge in [-0.25, -0.2) is 0 Å². The summed E-state index contributed by atoms with van der Waals surface area (Å²) in [6.45, 7) is 0.279. The van der Waals surface area contributed by atoms with Gasteiger partial charge in [-0.3, -0.25) is 24.5 Å². The number of hydrogen-bond acceptors (Lipinski definition) is 6. The van der Waals surface area contributed by atoms with Crippen molar-refractivity contribution in [3.8, 4) is 0 Å². The molecule has 0 aliphatic rings. The Labute approximate surface area is 132 Å². The molecule has 0 unspecified atom stereocenters. The van der Waals surface area contributed by atoms with Gasteiger partial charge in [0.1, 0.15) is 0 Å². The fourth-order valence-electron chi connectivity index (χ4n) is 1.62. The average molecular weight is 323 g/mol.